The molecule has 0 aliphatic rings. The lowest BCUT2D eigenvalue weighted by Gasteiger charge is -2.36. The number of carbonyl (C=O) groups is 2. The maximum atomic E-state index is 12.4. The molecule has 0 saturated heterocycles. The SMILES string of the molecule is CCOC(=O)CC(O[Si](CC)(CC)OC(CC(=O)OCC)c1ccccc1)c1ccccc1. The first kappa shape index (κ1) is 26.8. The van der Waals surface area contributed by atoms with Crippen LogP contribution in [0.1, 0.15) is 63.9 Å². The van der Waals surface area contributed by atoms with Gasteiger partial charge >= 0.3 is 20.5 Å². The molecule has 2 aromatic rings. The molecule has 33 heavy (non-hydrogen) atoms. The van der Waals surface area contributed by atoms with Gasteiger partial charge in [-0.25, -0.2) is 0 Å². The summed E-state index contributed by atoms with van der Waals surface area (Å²) < 4.78 is 23.8. The highest BCUT2D eigenvalue weighted by atomic mass is 28.4. The third kappa shape index (κ3) is 8.42. The monoisotopic (exact) mass is 472 g/mol. The van der Waals surface area contributed by atoms with E-state index in [4.69, 9.17) is 18.3 Å². The third-order valence-electron chi connectivity index (χ3n) is 5.45. The van der Waals surface area contributed by atoms with Gasteiger partial charge in [0.15, 0.2) is 0 Å². The van der Waals surface area contributed by atoms with E-state index in [1.165, 1.54) is 0 Å². The Kier molecular flexibility index (Phi) is 11.3. The second-order valence-electron chi connectivity index (χ2n) is 7.67. The molecule has 0 bridgehead atoms. The van der Waals surface area contributed by atoms with E-state index in [0.29, 0.717) is 25.3 Å². The lowest BCUT2D eigenvalue weighted by molar-refractivity contribution is -0.145. The molecular formula is C26H36O6Si. The minimum Gasteiger partial charge on any atom is -0.466 e. The quantitative estimate of drug-likeness (QED) is 0.252. The zero-order chi connectivity index (χ0) is 24.1. The molecule has 0 saturated carbocycles. The molecule has 6 nitrogen and oxygen atoms in total. The largest absolute Gasteiger partial charge is 0.466 e. The molecule has 2 unspecified atom stereocenters. The maximum absolute atomic E-state index is 12.4. The molecule has 2 rings (SSSR count). The summed E-state index contributed by atoms with van der Waals surface area (Å²) in [6.07, 6.45) is -0.778. The molecule has 2 atom stereocenters. The number of hydrogen-bond donors (Lipinski definition) is 0. The van der Waals surface area contributed by atoms with Crippen LogP contribution in [0.15, 0.2) is 60.7 Å². The third-order valence-corrected chi connectivity index (χ3v) is 9.03. The Morgan fingerprint density at radius 1 is 0.667 bits per heavy atom. The van der Waals surface area contributed by atoms with E-state index in [-0.39, 0.29) is 24.8 Å². The van der Waals surface area contributed by atoms with Crippen LogP contribution in [0.4, 0.5) is 0 Å². The number of benzene rings is 2. The van der Waals surface area contributed by atoms with Gasteiger partial charge in [-0.3, -0.25) is 9.59 Å². The van der Waals surface area contributed by atoms with Crippen LogP contribution in [-0.2, 0) is 27.9 Å². The van der Waals surface area contributed by atoms with Gasteiger partial charge in [-0.2, -0.15) is 0 Å². The van der Waals surface area contributed by atoms with Crippen molar-refractivity contribution in [1.29, 1.82) is 0 Å². The van der Waals surface area contributed by atoms with Crippen molar-refractivity contribution >= 4 is 20.5 Å². The fourth-order valence-corrected chi connectivity index (χ4v) is 6.36. The molecule has 0 fully saturated rings. The Morgan fingerprint density at radius 3 is 1.33 bits per heavy atom. The first-order valence-corrected chi connectivity index (χ1v) is 14.0. The zero-order valence-corrected chi connectivity index (χ0v) is 21.1. The van der Waals surface area contributed by atoms with Crippen molar-refractivity contribution in [1.82, 2.24) is 0 Å². The predicted molar refractivity (Wildman–Crippen MR) is 130 cm³/mol. The summed E-state index contributed by atoms with van der Waals surface area (Å²) in [5.41, 5.74) is 1.80. The van der Waals surface area contributed by atoms with E-state index in [1.807, 2.05) is 74.5 Å². The summed E-state index contributed by atoms with van der Waals surface area (Å²) in [5.74, 6) is -0.625. The van der Waals surface area contributed by atoms with Gasteiger partial charge in [0.2, 0.25) is 0 Å². The van der Waals surface area contributed by atoms with Crippen molar-refractivity contribution in [2.75, 3.05) is 13.2 Å². The summed E-state index contributed by atoms with van der Waals surface area (Å²) in [6.45, 7) is 8.28. The minimum absolute atomic E-state index is 0.101. The number of hydrogen-bond acceptors (Lipinski definition) is 6. The van der Waals surface area contributed by atoms with Crippen molar-refractivity contribution in [3.8, 4) is 0 Å². The molecule has 0 N–H and O–H groups in total. The van der Waals surface area contributed by atoms with E-state index in [9.17, 15) is 9.59 Å². The van der Waals surface area contributed by atoms with Crippen LogP contribution in [0.3, 0.4) is 0 Å². The number of rotatable bonds is 14. The molecule has 0 heterocycles. The molecule has 0 aliphatic heterocycles. The number of ether oxygens (including phenoxy) is 2. The molecule has 0 aliphatic carbocycles. The fourth-order valence-electron chi connectivity index (χ4n) is 3.66. The lowest BCUT2D eigenvalue weighted by atomic mass is 10.1. The van der Waals surface area contributed by atoms with Crippen molar-refractivity contribution in [3.63, 3.8) is 0 Å². The highest BCUT2D eigenvalue weighted by molar-refractivity contribution is 6.67. The van der Waals surface area contributed by atoms with Gasteiger partial charge in [0, 0.05) is 0 Å². The van der Waals surface area contributed by atoms with Gasteiger partial charge in [0.05, 0.1) is 38.3 Å². The van der Waals surface area contributed by atoms with E-state index in [1.54, 1.807) is 13.8 Å². The van der Waals surface area contributed by atoms with Crippen LogP contribution >= 0.6 is 0 Å². The molecule has 7 heteroatoms. The van der Waals surface area contributed by atoms with Crippen LogP contribution in [-0.4, -0.2) is 33.7 Å². The Hall–Kier alpha value is -2.48. The van der Waals surface area contributed by atoms with Gasteiger partial charge in [-0.1, -0.05) is 74.5 Å². The summed E-state index contributed by atoms with van der Waals surface area (Å²) in [7, 11) is -2.83. The second-order valence-corrected chi connectivity index (χ2v) is 11.4. The molecule has 2 aromatic carbocycles. The first-order valence-electron chi connectivity index (χ1n) is 11.7. The normalized spacial score (nSPS) is 13.2. The Balaban J connectivity index is 2.34. The van der Waals surface area contributed by atoms with Gasteiger partial charge in [0.25, 0.3) is 0 Å². The van der Waals surface area contributed by atoms with E-state index < -0.39 is 20.8 Å². The average Bonchev–Trinajstić information content (AvgIpc) is 2.84. The average molecular weight is 473 g/mol. The highest BCUT2D eigenvalue weighted by Gasteiger charge is 2.41. The predicted octanol–water partition coefficient (Wildman–Crippen LogP) is 5.89. The van der Waals surface area contributed by atoms with Crippen LogP contribution in [0.2, 0.25) is 12.1 Å². The van der Waals surface area contributed by atoms with Gasteiger partial charge < -0.3 is 18.3 Å². The van der Waals surface area contributed by atoms with Crippen molar-refractivity contribution < 1.29 is 27.9 Å². The molecule has 0 amide bonds. The Labute approximate surface area is 198 Å². The lowest BCUT2D eigenvalue weighted by Crippen LogP contribution is -2.43. The van der Waals surface area contributed by atoms with Crippen LogP contribution in [0, 0.1) is 0 Å². The molecule has 0 spiro atoms. The summed E-state index contributed by atoms with van der Waals surface area (Å²) in [5, 5.41) is 0. The summed E-state index contributed by atoms with van der Waals surface area (Å²) in [4.78, 5) is 24.7. The minimum atomic E-state index is -2.83. The molecule has 0 aromatic heterocycles. The standard InChI is InChI=1S/C26H36O6Si/c1-5-29-25(27)19-23(21-15-11-9-12-16-21)31-33(7-3,8-4)32-24(20-26(28)30-6-2)22-17-13-10-14-18-22/h9-18,23-24H,5-8,19-20H2,1-4H3. The van der Waals surface area contributed by atoms with Crippen molar-refractivity contribution in [3.05, 3.63) is 71.8 Å². The van der Waals surface area contributed by atoms with Crippen LogP contribution < -0.4 is 0 Å². The number of esters is 2. The topological polar surface area (TPSA) is 71.1 Å². The fraction of sp³-hybridized carbons (Fsp3) is 0.462. The van der Waals surface area contributed by atoms with E-state index in [2.05, 4.69) is 0 Å². The maximum Gasteiger partial charge on any atom is 0.338 e. The van der Waals surface area contributed by atoms with Crippen LogP contribution in [0.25, 0.3) is 0 Å². The highest BCUT2D eigenvalue weighted by Crippen LogP contribution is 2.35. The Bertz CT molecular complexity index is 771. The Morgan fingerprint density at radius 2 is 1.03 bits per heavy atom. The van der Waals surface area contributed by atoms with Crippen molar-refractivity contribution in [2.24, 2.45) is 0 Å². The number of carbonyl (C=O) groups excluding carboxylic acids is 2. The molecule has 180 valence electrons. The van der Waals surface area contributed by atoms with Gasteiger partial charge in [-0.05, 0) is 37.1 Å². The second kappa shape index (κ2) is 13.9. The van der Waals surface area contributed by atoms with Crippen molar-refractivity contribution in [2.45, 2.75) is 64.8 Å². The van der Waals surface area contributed by atoms with Crippen LogP contribution in [0.5, 0.6) is 0 Å². The smallest absolute Gasteiger partial charge is 0.338 e. The van der Waals surface area contributed by atoms with Gasteiger partial charge in [-0.15, -0.1) is 0 Å². The molecule has 0 radical (unpaired) electrons. The zero-order valence-electron chi connectivity index (χ0n) is 20.1. The van der Waals surface area contributed by atoms with E-state index in [0.717, 1.165) is 11.1 Å². The van der Waals surface area contributed by atoms with E-state index >= 15 is 0 Å². The summed E-state index contributed by atoms with van der Waals surface area (Å²) >= 11 is 0. The summed E-state index contributed by atoms with van der Waals surface area (Å²) in [6, 6.07) is 20.7. The molecular weight excluding hydrogens is 436 g/mol. The first-order chi connectivity index (χ1) is 16.0. The van der Waals surface area contributed by atoms with Gasteiger partial charge in [0.1, 0.15) is 0 Å².